The van der Waals surface area contributed by atoms with E-state index in [4.69, 9.17) is 4.74 Å². The molecule has 6 heteroatoms. The lowest BCUT2D eigenvalue weighted by molar-refractivity contribution is 0.0753. The molecule has 0 bridgehead atoms. The SMILES string of the molecule is COc1ccc(CC[C@@]2(CN3CCN(C(=O)Nc4ccccc4)CC3)CCCNC2)cc1. The summed E-state index contributed by atoms with van der Waals surface area (Å²) in [4.78, 5) is 17.1. The molecule has 0 aromatic heterocycles. The second-order valence-corrected chi connectivity index (χ2v) is 9.19. The van der Waals surface area contributed by atoms with Gasteiger partial charge in [-0.3, -0.25) is 4.90 Å². The van der Waals surface area contributed by atoms with Crippen LogP contribution in [0, 0.1) is 5.41 Å². The molecule has 0 saturated carbocycles. The number of anilines is 1. The number of rotatable bonds is 7. The summed E-state index contributed by atoms with van der Waals surface area (Å²) in [5.41, 5.74) is 2.52. The second kappa shape index (κ2) is 10.8. The van der Waals surface area contributed by atoms with Crippen LogP contribution in [0.25, 0.3) is 0 Å². The van der Waals surface area contributed by atoms with E-state index in [9.17, 15) is 4.79 Å². The molecule has 2 saturated heterocycles. The molecule has 0 radical (unpaired) electrons. The van der Waals surface area contributed by atoms with E-state index in [-0.39, 0.29) is 6.03 Å². The Morgan fingerprint density at radius 1 is 1.06 bits per heavy atom. The monoisotopic (exact) mass is 436 g/mol. The summed E-state index contributed by atoms with van der Waals surface area (Å²) in [7, 11) is 1.71. The Morgan fingerprint density at radius 2 is 1.81 bits per heavy atom. The minimum absolute atomic E-state index is 0.00408. The van der Waals surface area contributed by atoms with Crippen LogP contribution >= 0.6 is 0 Å². The molecule has 2 aromatic carbocycles. The average molecular weight is 437 g/mol. The van der Waals surface area contributed by atoms with E-state index < -0.39 is 0 Å². The molecule has 0 unspecified atom stereocenters. The Balaban J connectivity index is 1.29. The number of piperidine rings is 1. The van der Waals surface area contributed by atoms with Crippen molar-refractivity contribution in [1.82, 2.24) is 15.1 Å². The van der Waals surface area contributed by atoms with Gasteiger partial charge in [0, 0.05) is 45.0 Å². The van der Waals surface area contributed by atoms with Crippen molar-refractivity contribution >= 4 is 11.7 Å². The van der Waals surface area contributed by atoms with Crippen LogP contribution in [-0.4, -0.2) is 68.8 Å². The number of carbonyl (C=O) groups is 1. The number of amides is 2. The van der Waals surface area contributed by atoms with Crippen molar-refractivity contribution in [2.75, 3.05) is 58.2 Å². The Labute approximate surface area is 191 Å². The molecule has 2 aliphatic heterocycles. The van der Waals surface area contributed by atoms with Crippen LogP contribution in [0.2, 0.25) is 0 Å². The maximum Gasteiger partial charge on any atom is 0.321 e. The van der Waals surface area contributed by atoms with Gasteiger partial charge in [0.05, 0.1) is 7.11 Å². The van der Waals surface area contributed by atoms with Crippen LogP contribution in [0.5, 0.6) is 5.75 Å². The number of nitrogens with zero attached hydrogens (tertiary/aromatic N) is 2. The van der Waals surface area contributed by atoms with Gasteiger partial charge in [0.2, 0.25) is 0 Å². The van der Waals surface area contributed by atoms with Gasteiger partial charge in [-0.25, -0.2) is 4.79 Å². The number of aryl methyl sites for hydroxylation is 1. The number of urea groups is 1. The molecular formula is C26H36N4O2. The second-order valence-electron chi connectivity index (χ2n) is 9.19. The number of piperazine rings is 1. The van der Waals surface area contributed by atoms with Gasteiger partial charge in [0.25, 0.3) is 0 Å². The topological polar surface area (TPSA) is 56.8 Å². The molecule has 0 spiro atoms. The highest BCUT2D eigenvalue weighted by molar-refractivity contribution is 5.89. The lowest BCUT2D eigenvalue weighted by Gasteiger charge is -2.44. The number of ether oxygens (including phenoxy) is 1. The maximum atomic E-state index is 12.6. The number of carbonyl (C=O) groups excluding carboxylic acids is 1. The normalized spacial score (nSPS) is 21.8. The van der Waals surface area contributed by atoms with Crippen LogP contribution in [0.3, 0.4) is 0 Å². The van der Waals surface area contributed by atoms with Crippen LogP contribution in [0.15, 0.2) is 54.6 Å². The summed E-state index contributed by atoms with van der Waals surface area (Å²) in [6, 6.07) is 18.2. The van der Waals surface area contributed by atoms with Crippen molar-refractivity contribution in [1.29, 1.82) is 0 Å². The van der Waals surface area contributed by atoms with Gasteiger partial charge >= 0.3 is 6.03 Å². The molecule has 6 nitrogen and oxygen atoms in total. The van der Waals surface area contributed by atoms with Crippen molar-refractivity contribution in [3.05, 3.63) is 60.2 Å². The van der Waals surface area contributed by atoms with E-state index in [0.717, 1.165) is 63.7 Å². The van der Waals surface area contributed by atoms with Crippen molar-refractivity contribution in [2.24, 2.45) is 5.41 Å². The van der Waals surface area contributed by atoms with Crippen molar-refractivity contribution in [3.63, 3.8) is 0 Å². The van der Waals surface area contributed by atoms with E-state index in [1.807, 2.05) is 35.2 Å². The van der Waals surface area contributed by atoms with E-state index in [1.165, 1.54) is 24.8 Å². The first-order valence-electron chi connectivity index (χ1n) is 11.8. The standard InChI is InChI=1S/C26H36N4O2/c1-32-24-10-8-22(9-11-24)12-14-26(13-5-15-27-20-26)21-29-16-18-30(19-17-29)25(31)28-23-6-3-2-4-7-23/h2-4,6-11,27H,5,12-21H2,1H3,(H,28,31)/t26-/m0/s1. The van der Waals surface area contributed by atoms with Gasteiger partial charge in [-0.05, 0) is 67.5 Å². The van der Waals surface area contributed by atoms with Crippen molar-refractivity contribution < 1.29 is 9.53 Å². The third-order valence-corrected chi connectivity index (χ3v) is 6.91. The number of nitrogens with one attached hydrogen (secondary N) is 2. The summed E-state index contributed by atoms with van der Waals surface area (Å²) in [5, 5.41) is 6.66. The fourth-order valence-corrected chi connectivity index (χ4v) is 4.97. The van der Waals surface area contributed by atoms with Crippen LogP contribution in [-0.2, 0) is 6.42 Å². The first-order valence-corrected chi connectivity index (χ1v) is 11.8. The number of hydrogen-bond acceptors (Lipinski definition) is 4. The van der Waals surface area contributed by atoms with Gasteiger partial charge in [-0.1, -0.05) is 30.3 Å². The smallest absolute Gasteiger partial charge is 0.321 e. The van der Waals surface area contributed by atoms with E-state index in [0.29, 0.717) is 5.41 Å². The van der Waals surface area contributed by atoms with Gasteiger partial charge in [0.15, 0.2) is 0 Å². The molecule has 2 N–H and O–H groups in total. The third-order valence-electron chi connectivity index (χ3n) is 6.91. The first-order chi connectivity index (χ1) is 15.7. The zero-order valence-electron chi connectivity index (χ0n) is 19.2. The summed E-state index contributed by atoms with van der Waals surface area (Å²) >= 11 is 0. The zero-order chi connectivity index (χ0) is 22.2. The molecule has 1 atom stereocenters. The summed E-state index contributed by atoms with van der Waals surface area (Å²) < 4.78 is 5.29. The fraction of sp³-hybridized carbons (Fsp3) is 0.500. The Morgan fingerprint density at radius 3 is 2.47 bits per heavy atom. The summed E-state index contributed by atoms with van der Waals surface area (Å²) in [5.74, 6) is 0.914. The molecule has 2 heterocycles. The predicted octanol–water partition coefficient (Wildman–Crippen LogP) is 3.85. The largest absolute Gasteiger partial charge is 0.497 e. The molecule has 32 heavy (non-hydrogen) atoms. The van der Waals surface area contributed by atoms with Gasteiger partial charge in [-0.15, -0.1) is 0 Å². The number of para-hydroxylation sites is 1. The number of methoxy groups -OCH3 is 1. The molecule has 2 fully saturated rings. The predicted molar refractivity (Wildman–Crippen MR) is 129 cm³/mol. The van der Waals surface area contributed by atoms with Crippen molar-refractivity contribution in [2.45, 2.75) is 25.7 Å². The molecular weight excluding hydrogens is 400 g/mol. The molecule has 2 amide bonds. The summed E-state index contributed by atoms with van der Waals surface area (Å²) in [6.07, 6.45) is 4.78. The van der Waals surface area contributed by atoms with E-state index >= 15 is 0 Å². The lowest BCUT2D eigenvalue weighted by Crippen LogP contribution is -2.54. The summed E-state index contributed by atoms with van der Waals surface area (Å²) in [6.45, 7) is 6.74. The van der Waals surface area contributed by atoms with Crippen molar-refractivity contribution in [3.8, 4) is 5.75 Å². The quantitative estimate of drug-likeness (QED) is 0.692. The number of benzene rings is 2. The zero-order valence-corrected chi connectivity index (χ0v) is 19.2. The minimum Gasteiger partial charge on any atom is -0.497 e. The molecule has 2 aromatic rings. The molecule has 2 aliphatic rings. The van der Waals surface area contributed by atoms with Crippen LogP contribution in [0.4, 0.5) is 10.5 Å². The van der Waals surface area contributed by atoms with E-state index in [1.54, 1.807) is 7.11 Å². The Bertz CT molecular complexity index is 842. The maximum absolute atomic E-state index is 12.6. The minimum atomic E-state index is 0.00408. The molecule has 172 valence electrons. The lowest BCUT2D eigenvalue weighted by atomic mass is 9.75. The Kier molecular flexibility index (Phi) is 7.66. The fourth-order valence-electron chi connectivity index (χ4n) is 4.97. The van der Waals surface area contributed by atoms with Gasteiger partial charge < -0.3 is 20.3 Å². The third kappa shape index (κ3) is 6.02. The van der Waals surface area contributed by atoms with Gasteiger partial charge in [-0.2, -0.15) is 0 Å². The number of hydrogen-bond donors (Lipinski definition) is 2. The highest BCUT2D eigenvalue weighted by Crippen LogP contribution is 2.33. The highest BCUT2D eigenvalue weighted by atomic mass is 16.5. The van der Waals surface area contributed by atoms with Crippen LogP contribution in [0.1, 0.15) is 24.8 Å². The van der Waals surface area contributed by atoms with E-state index in [2.05, 4.69) is 39.8 Å². The van der Waals surface area contributed by atoms with Crippen LogP contribution < -0.4 is 15.4 Å². The highest BCUT2D eigenvalue weighted by Gasteiger charge is 2.35. The molecule has 0 aliphatic carbocycles. The first kappa shape index (κ1) is 22.6. The average Bonchev–Trinajstić information content (AvgIpc) is 2.85. The molecule has 4 rings (SSSR count). The Hall–Kier alpha value is -2.57. The van der Waals surface area contributed by atoms with Gasteiger partial charge in [0.1, 0.15) is 5.75 Å².